The summed E-state index contributed by atoms with van der Waals surface area (Å²) in [6.45, 7) is 0. The molecule has 0 amide bonds. The van der Waals surface area contributed by atoms with E-state index in [1.165, 1.54) is 97.1 Å². The highest BCUT2D eigenvalue weighted by Crippen LogP contribution is 2.46. The third kappa shape index (κ3) is 26.3. The Bertz CT molecular complexity index is 4360. The minimum absolute atomic E-state index is 0.0972. The Morgan fingerprint density at radius 3 is 0.312 bits per heavy atom. The number of hydrogen-bond donors (Lipinski definition) is 24. The van der Waals surface area contributed by atoms with Gasteiger partial charge in [-0.1, -0.05) is 0 Å². The molecule has 48 heteroatoms. The Labute approximate surface area is 857 Å². The molecular weight excluding hydrogens is 2050 g/mol. The molecule has 30 saturated heterocycles. The fourth-order valence-corrected chi connectivity index (χ4v) is 25.2. The average Bonchev–Trinajstić information content (AvgIpc) is 0.766. The third-order valence-corrected chi connectivity index (χ3v) is 34.3. The van der Waals surface area contributed by atoms with E-state index in [0.717, 1.165) is 94.1 Å². The topological polar surface area (TPSA) is 633 Å². The molecule has 0 spiro atoms. The van der Waals surface area contributed by atoms with E-state index >= 15 is 0 Å². The molecule has 16 bridgehead atoms. The normalized spacial score (nSPS) is 38.2. The molecule has 30 aliphatic rings. The number of phenolic OH excluding ortho intramolecular Hbond substituents is 8. The molecule has 40 nitrogen and oxygen atoms in total. The SMILES string of the molecule is Oc1ccc(SCC2O[C@@H]3O[C@@H]4C(CSc5ccc(O)cc5)O[C@H](O[C@@H]5C(CSc6ccc(O)cc6)O[C@H](O[C@@H]6C(CSc7ccc(O)cc7)O[C@H](O[C@@H]7C(CSc8ccc(O)cc8)O[C@H](O[C@@H]8C(CSc9ccc(O)cc9)O[C@H](O[C@@H]9C(CSc%10ccc(O)cc%10)O[C@H](O[C@@H]%10C(CSc%11ccc(O)cc%11)O[C@H](O[C@H]2C(O)C3O)C(O)C%10O)C(O)C9O)C(O)C8O)C(O)C7O)C(O)C6O)C(O)C5O)C(O)C4O)cc1. The van der Waals surface area contributed by atoms with Gasteiger partial charge in [0.25, 0.3) is 0 Å². The lowest BCUT2D eigenvalue weighted by molar-refractivity contribution is -0.396. The van der Waals surface area contributed by atoms with E-state index in [1.54, 1.807) is 97.1 Å². The van der Waals surface area contributed by atoms with Crippen molar-refractivity contribution in [3.05, 3.63) is 194 Å². The number of thioether (sulfide) groups is 8. The summed E-state index contributed by atoms with van der Waals surface area (Å²) >= 11 is 8.64. The summed E-state index contributed by atoms with van der Waals surface area (Å²) < 4.78 is 106. The van der Waals surface area contributed by atoms with Crippen LogP contribution in [0.3, 0.4) is 0 Å². The second kappa shape index (κ2) is 49.4. The van der Waals surface area contributed by atoms with Gasteiger partial charge in [-0.2, -0.15) is 0 Å². The largest absolute Gasteiger partial charge is 0.508 e. The molecule has 38 rings (SSSR count). The summed E-state index contributed by atoms with van der Waals surface area (Å²) in [5.74, 6) is -2.69. The van der Waals surface area contributed by atoms with Crippen LogP contribution in [0.4, 0.5) is 0 Å². The first kappa shape index (κ1) is 109. The molecule has 0 aliphatic carbocycles. The summed E-state index contributed by atoms with van der Waals surface area (Å²) in [6, 6.07) is 47.2. The Kier molecular flexibility index (Phi) is 37.4. The van der Waals surface area contributed by atoms with Crippen molar-refractivity contribution in [3.8, 4) is 46.0 Å². The van der Waals surface area contributed by atoms with Crippen molar-refractivity contribution < 1.29 is 198 Å². The van der Waals surface area contributed by atoms with E-state index in [9.17, 15) is 123 Å². The maximum atomic E-state index is 12.7. The minimum atomic E-state index is -2.22. The van der Waals surface area contributed by atoms with Crippen LogP contribution in [0.5, 0.6) is 46.0 Å². The summed E-state index contributed by atoms with van der Waals surface area (Å²) in [6.07, 6.45) is -77.7. The Hall–Kier alpha value is -6.32. The van der Waals surface area contributed by atoms with Crippen LogP contribution in [0.1, 0.15) is 0 Å². The van der Waals surface area contributed by atoms with Crippen LogP contribution in [-0.2, 0) is 75.8 Å². The van der Waals surface area contributed by atoms with Gasteiger partial charge in [-0.15, -0.1) is 94.1 Å². The fraction of sp³-hybridized carbons (Fsp3) is 0.500. The van der Waals surface area contributed by atoms with Crippen LogP contribution in [-0.4, -0.2) is 414 Å². The first-order chi connectivity index (χ1) is 69.2. The van der Waals surface area contributed by atoms with E-state index in [4.69, 9.17) is 75.8 Å². The average molecular weight is 2160 g/mol. The van der Waals surface area contributed by atoms with Crippen LogP contribution in [0.2, 0.25) is 0 Å². The highest BCUT2D eigenvalue weighted by Gasteiger charge is 2.61. The maximum Gasteiger partial charge on any atom is 0.187 e. The first-order valence-corrected chi connectivity index (χ1v) is 53.8. The number of rotatable bonds is 24. The zero-order chi connectivity index (χ0) is 102. The minimum Gasteiger partial charge on any atom is -0.508 e. The van der Waals surface area contributed by atoms with Gasteiger partial charge in [0, 0.05) is 85.2 Å². The number of ether oxygens (including phenoxy) is 16. The monoisotopic (exact) mass is 2160 g/mol. The molecule has 24 N–H and O–H groups in total. The second-order valence-corrected chi connectivity index (χ2v) is 44.2. The molecule has 40 atom stereocenters. The molecule has 0 saturated carbocycles. The number of aliphatic hydroxyl groups is 16. The van der Waals surface area contributed by atoms with E-state index in [1.807, 2.05) is 0 Å². The van der Waals surface area contributed by atoms with Crippen molar-refractivity contribution in [2.75, 3.05) is 46.0 Å². The molecule has 30 aliphatic heterocycles. The van der Waals surface area contributed by atoms with Crippen molar-refractivity contribution in [3.63, 3.8) is 0 Å². The third-order valence-electron chi connectivity index (χ3n) is 25.5. The van der Waals surface area contributed by atoms with Gasteiger partial charge < -0.3 is 198 Å². The highest BCUT2D eigenvalue weighted by molar-refractivity contribution is 8.01. The summed E-state index contributed by atoms with van der Waals surface area (Å²) in [5.41, 5.74) is 0. The van der Waals surface area contributed by atoms with Crippen LogP contribution in [0, 0.1) is 0 Å². The molecule has 8 aromatic carbocycles. The second-order valence-electron chi connectivity index (χ2n) is 35.4. The van der Waals surface area contributed by atoms with E-state index in [2.05, 4.69) is 0 Å². The van der Waals surface area contributed by atoms with Crippen LogP contribution in [0.25, 0.3) is 0 Å². The van der Waals surface area contributed by atoms with Gasteiger partial charge in [0.1, 0.15) is 192 Å². The van der Waals surface area contributed by atoms with Gasteiger partial charge in [-0.25, -0.2) is 0 Å². The van der Waals surface area contributed by atoms with Crippen molar-refractivity contribution >= 4 is 94.1 Å². The van der Waals surface area contributed by atoms with E-state index in [-0.39, 0.29) is 92.0 Å². The van der Waals surface area contributed by atoms with Crippen molar-refractivity contribution in [2.45, 2.75) is 285 Å². The lowest BCUT2D eigenvalue weighted by Gasteiger charge is -2.51. The molecule has 0 radical (unpaired) electrons. The number of phenols is 8. The van der Waals surface area contributed by atoms with Gasteiger partial charge in [-0.05, 0) is 194 Å². The predicted molar refractivity (Wildman–Crippen MR) is 515 cm³/mol. The number of aliphatic hydroxyl groups excluding tert-OH is 16. The first-order valence-electron chi connectivity index (χ1n) is 45.9. The molecule has 30 fully saturated rings. The Morgan fingerprint density at radius 2 is 0.222 bits per heavy atom. The van der Waals surface area contributed by atoms with Gasteiger partial charge in [0.15, 0.2) is 50.3 Å². The van der Waals surface area contributed by atoms with Gasteiger partial charge in [0.05, 0.1) is 48.8 Å². The smallest absolute Gasteiger partial charge is 0.187 e. The summed E-state index contributed by atoms with van der Waals surface area (Å²) in [5, 5.41) is 285. The van der Waals surface area contributed by atoms with Gasteiger partial charge in [0.2, 0.25) is 0 Å². The lowest BCUT2D eigenvalue weighted by Crippen LogP contribution is -2.69. The number of hydrogen-bond acceptors (Lipinski definition) is 48. The van der Waals surface area contributed by atoms with E-state index in [0.29, 0.717) is 39.2 Å². The predicted octanol–water partition coefficient (Wildman–Crippen LogP) is 2.64. The van der Waals surface area contributed by atoms with Crippen LogP contribution < -0.4 is 0 Å². The van der Waals surface area contributed by atoms with Crippen molar-refractivity contribution in [2.24, 2.45) is 0 Å². The molecule has 144 heavy (non-hydrogen) atoms. The van der Waals surface area contributed by atoms with Crippen molar-refractivity contribution in [1.82, 2.24) is 0 Å². The maximum absolute atomic E-state index is 12.7. The van der Waals surface area contributed by atoms with Crippen LogP contribution in [0.15, 0.2) is 233 Å². The zero-order valence-corrected chi connectivity index (χ0v) is 82.3. The van der Waals surface area contributed by atoms with E-state index < -0.39 is 246 Å². The molecule has 24 unspecified atom stereocenters. The van der Waals surface area contributed by atoms with Crippen molar-refractivity contribution in [1.29, 1.82) is 0 Å². The Balaban J connectivity index is 0.738. The lowest BCUT2D eigenvalue weighted by atomic mass is 9.95. The summed E-state index contributed by atoms with van der Waals surface area (Å²) in [7, 11) is 0. The van der Waals surface area contributed by atoms with Gasteiger partial charge >= 0.3 is 0 Å². The van der Waals surface area contributed by atoms with Gasteiger partial charge in [-0.3, -0.25) is 0 Å². The number of aromatic hydroxyl groups is 8. The standard InChI is InChI=1S/C96H112O40S8/c97-41-1-17-49(18-2-41)137-33-57-81-65(105)73(113)89(121-57)130-82-58(34-138-50-19-3-42(98)4-20-50)123-91(75(115)67(82)107)132-84-60(36-140-52-23-7-44(100)8-24-52)125-93(77(117)69(84)109)134-86-62(38-142-54-27-11-46(102)12-28-54)127-95(79(119)71(86)111)136-88-64(40-144-56-31-15-48(104)16-32-56)128-96(80(120)72(88)112)135-87-63(39-143-55-29-13-47(103)14-30-55)126-94(78(118)70(87)110)133-85-61(37-141-53-25-9-45(101)10-26-53)124-92(76(116)68(85)108)131-83-59(122-90(129-81)74(114)66(83)106)35-139-51-21-5-43(99)6-22-51/h1-32,57-120H,33-40H2/t57?,58?,59?,60?,61?,62?,63?,64?,65?,66?,67?,68?,69?,70?,71?,72?,73?,74?,75?,76?,77?,78?,79?,80?,81-,82-,83-,84-,85-,86-,87-,88-,89-,90-,91-,92-,93-,94-,95-,96-/m1/s1. The Morgan fingerprint density at radius 1 is 0.132 bits per heavy atom. The molecule has 0 aromatic heterocycles. The summed E-state index contributed by atoms with van der Waals surface area (Å²) in [4.78, 5) is 4.04. The molecule has 784 valence electrons. The molecule has 30 heterocycles. The van der Waals surface area contributed by atoms with Crippen LogP contribution >= 0.6 is 94.1 Å². The zero-order valence-electron chi connectivity index (χ0n) is 75.8. The quantitative estimate of drug-likeness (QED) is 0.0387. The highest BCUT2D eigenvalue weighted by atomic mass is 32.2. The molecular formula is C96H112O40S8. The number of benzene rings is 8. The molecule has 8 aromatic rings. The fourth-order valence-electron chi connectivity index (χ4n) is 17.6.